The third-order valence-corrected chi connectivity index (χ3v) is 3.91. The van der Waals surface area contributed by atoms with Gasteiger partial charge in [0.05, 0.1) is 17.6 Å². The maximum absolute atomic E-state index is 4.71. The van der Waals surface area contributed by atoms with E-state index in [4.69, 9.17) is 4.98 Å². The van der Waals surface area contributed by atoms with Crippen LogP contribution in [-0.2, 0) is 0 Å². The molecule has 0 amide bonds. The van der Waals surface area contributed by atoms with Gasteiger partial charge < -0.3 is 10.2 Å². The minimum absolute atomic E-state index is 0.566. The summed E-state index contributed by atoms with van der Waals surface area (Å²) < 4.78 is 0. The van der Waals surface area contributed by atoms with Crippen molar-refractivity contribution >= 4 is 5.82 Å². The molecule has 1 fully saturated rings. The second-order valence-electron chi connectivity index (χ2n) is 5.45. The first-order valence-corrected chi connectivity index (χ1v) is 7.50. The van der Waals surface area contributed by atoms with E-state index >= 15 is 0 Å². The lowest BCUT2D eigenvalue weighted by molar-refractivity contribution is 0.432. The van der Waals surface area contributed by atoms with Crippen molar-refractivity contribution < 1.29 is 0 Å². The lowest BCUT2D eigenvalue weighted by Gasteiger charge is -2.36. The minimum Gasteiger partial charge on any atom is -0.351 e. The highest BCUT2D eigenvalue weighted by atomic mass is 15.2. The van der Waals surface area contributed by atoms with Crippen molar-refractivity contribution in [3.05, 3.63) is 17.6 Å². The molecule has 1 unspecified atom stereocenters. The highest BCUT2D eigenvalue weighted by Gasteiger charge is 2.23. The van der Waals surface area contributed by atoms with E-state index in [1.165, 1.54) is 25.7 Å². The Morgan fingerprint density at radius 3 is 2.89 bits per heavy atom. The summed E-state index contributed by atoms with van der Waals surface area (Å²) in [5.74, 6) is 1.05. The fourth-order valence-electron chi connectivity index (χ4n) is 2.63. The van der Waals surface area contributed by atoms with Crippen LogP contribution in [0.4, 0.5) is 5.82 Å². The van der Waals surface area contributed by atoms with Crippen molar-refractivity contribution in [3.8, 4) is 0 Å². The van der Waals surface area contributed by atoms with Gasteiger partial charge in [-0.15, -0.1) is 0 Å². The quantitative estimate of drug-likeness (QED) is 0.828. The second-order valence-corrected chi connectivity index (χ2v) is 5.45. The van der Waals surface area contributed by atoms with E-state index in [1.807, 2.05) is 20.0 Å². The Bertz CT molecular complexity index is 405. The van der Waals surface area contributed by atoms with Crippen LogP contribution in [0.25, 0.3) is 0 Å². The summed E-state index contributed by atoms with van der Waals surface area (Å²) in [5.41, 5.74) is 2.07. The molecule has 0 aliphatic carbocycles. The van der Waals surface area contributed by atoms with Crippen LogP contribution < -0.4 is 10.2 Å². The summed E-state index contributed by atoms with van der Waals surface area (Å²) in [5, 5.41) is 3.54. The number of nitrogens with zero attached hydrogens (tertiary/aromatic N) is 3. The molecule has 0 aromatic carbocycles. The maximum atomic E-state index is 4.71. The molecule has 1 saturated heterocycles. The molecule has 1 atom stereocenters. The molecule has 1 aliphatic heterocycles. The van der Waals surface area contributed by atoms with Crippen molar-refractivity contribution in [2.24, 2.45) is 0 Å². The van der Waals surface area contributed by atoms with Crippen LogP contribution in [0.2, 0.25) is 0 Å². The first kappa shape index (κ1) is 14.3. The molecule has 1 N–H and O–H groups in total. The number of hydrogen-bond acceptors (Lipinski definition) is 4. The zero-order valence-electron chi connectivity index (χ0n) is 12.4. The summed E-state index contributed by atoms with van der Waals surface area (Å²) in [6.07, 6.45) is 6.97. The van der Waals surface area contributed by atoms with E-state index < -0.39 is 0 Å². The molecule has 4 nitrogen and oxygen atoms in total. The molecule has 0 saturated carbocycles. The monoisotopic (exact) mass is 262 g/mol. The molecule has 4 heteroatoms. The molecule has 1 aliphatic rings. The van der Waals surface area contributed by atoms with Crippen molar-refractivity contribution in [3.63, 3.8) is 0 Å². The summed E-state index contributed by atoms with van der Waals surface area (Å²) in [6.45, 7) is 9.53. The van der Waals surface area contributed by atoms with Gasteiger partial charge in [0.15, 0.2) is 0 Å². The summed E-state index contributed by atoms with van der Waals surface area (Å²) in [6, 6.07) is 0.566. The second kappa shape index (κ2) is 6.85. The standard InChI is InChI=1S/C15H26N4/c1-4-8-16-10-14-7-5-6-9-19(14)15-11-17-12(2)13(3)18-15/h11,14,16H,4-10H2,1-3H3. The molecule has 19 heavy (non-hydrogen) atoms. The lowest BCUT2D eigenvalue weighted by Crippen LogP contribution is -2.46. The average molecular weight is 262 g/mol. The van der Waals surface area contributed by atoms with E-state index in [-0.39, 0.29) is 0 Å². The van der Waals surface area contributed by atoms with Gasteiger partial charge in [-0.05, 0) is 46.1 Å². The van der Waals surface area contributed by atoms with Gasteiger partial charge in [0.2, 0.25) is 0 Å². The minimum atomic E-state index is 0.566. The van der Waals surface area contributed by atoms with Crippen LogP contribution in [0.5, 0.6) is 0 Å². The normalized spacial score (nSPS) is 19.7. The highest BCUT2D eigenvalue weighted by Crippen LogP contribution is 2.22. The average Bonchev–Trinajstić information content (AvgIpc) is 2.43. The molecule has 0 spiro atoms. The predicted molar refractivity (Wildman–Crippen MR) is 79.7 cm³/mol. The van der Waals surface area contributed by atoms with Crippen LogP contribution in [0.3, 0.4) is 0 Å². The molecule has 106 valence electrons. The van der Waals surface area contributed by atoms with Crippen molar-refractivity contribution in [1.82, 2.24) is 15.3 Å². The largest absolute Gasteiger partial charge is 0.351 e. The van der Waals surface area contributed by atoms with Gasteiger partial charge in [-0.3, -0.25) is 4.98 Å². The van der Waals surface area contributed by atoms with Crippen molar-refractivity contribution in [2.45, 2.75) is 52.5 Å². The number of anilines is 1. The molecule has 0 bridgehead atoms. The Kier molecular flexibility index (Phi) is 5.14. The number of hydrogen-bond donors (Lipinski definition) is 1. The molecule has 1 aromatic heterocycles. The van der Waals surface area contributed by atoms with E-state index in [9.17, 15) is 0 Å². The van der Waals surface area contributed by atoms with Gasteiger partial charge in [-0.2, -0.15) is 0 Å². The Balaban J connectivity index is 2.07. The number of aromatic nitrogens is 2. The van der Waals surface area contributed by atoms with E-state index in [1.54, 1.807) is 0 Å². The third-order valence-electron chi connectivity index (χ3n) is 3.91. The van der Waals surface area contributed by atoms with Crippen LogP contribution in [-0.4, -0.2) is 35.6 Å². The zero-order chi connectivity index (χ0) is 13.7. The predicted octanol–water partition coefficient (Wildman–Crippen LogP) is 2.45. The molecular formula is C15H26N4. The third kappa shape index (κ3) is 3.66. The number of aryl methyl sites for hydroxylation is 2. The molecule has 2 heterocycles. The first-order valence-electron chi connectivity index (χ1n) is 7.50. The van der Waals surface area contributed by atoms with Crippen LogP contribution in [0.15, 0.2) is 6.20 Å². The van der Waals surface area contributed by atoms with E-state index in [0.29, 0.717) is 6.04 Å². The summed E-state index contributed by atoms with van der Waals surface area (Å²) >= 11 is 0. The number of rotatable bonds is 5. The maximum Gasteiger partial charge on any atom is 0.147 e. The highest BCUT2D eigenvalue weighted by molar-refractivity contribution is 5.39. The number of nitrogens with one attached hydrogen (secondary N) is 1. The molecule has 1 aromatic rings. The van der Waals surface area contributed by atoms with E-state index in [0.717, 1.165) is 36.8 Å². The van der Waals surface area contributed by atoms with Gasteiger partial charge >= 0.3 is 0 Å². The first-order chi connectivity index (χ1) is 9.22. The van der Waals surface area contributed by atoms with Gasteiger partial charge in [-0.25, -0.2) is 4.98 Å². The van der Waals surface area contributed by atoms with Crippen molar-refractivity contribution in [2.75, 3.05) is 24.5 Å². The molecule has 2 rings (SSSR count). The van der Waals surface area contributed by atoms with Gasteiger partial charge in [0.1, 0.15) is 5.82 Å². The summed E-state index contributed by atoms with van der Waals surface area (Å²) in [7, 11) is 0. The molecule has 0 radical (unpaired) electrons. The smallest absolute Gasteiger partial charge is 0.147 e. The zero-order valence-corrected chi connectivity index (χ0v) is 12.4. The Morgan fingerprint density at radius 1 is 1.32 bits per heavy atom. The Hall–Kier alpha value is -1.16. The fraction of sp³-hybridized carbons (Fsp3) is 0.733. The summed E-state index contributed by atoms with van der Waals surface area (Å²) in [4.78, 5) is 11.6. The Labute approximate surface area is 116 Å². The lowest BCUT2D eigenvalue weighted by atomic mass is 10.0. The van der Waals surface area contributed by atoms with Crippen LogP contribution in [0, 0.1) is 13.8 Å². The van der Waals surface area contributed by atoms with Gasteiger partial charge in [0, 0.05) is 19.1 Å². The van der Waals surface area contributed by atoms with Gasteiger partial charge in [0.25, 0.3) is 0 Å². The van der Waals surface area contributed by atoms with Crippen LogP contribution in [0.1, 0.15) is 44.0 Å². The topological polar surface area (TPSA) is 41.0 Å². The fourth-order valence-corrected chi connectivity index (χ4v) is 2.63. The van der Waals surface area contributed by atoms with Crippen LogP contribution >= 0.6 is 0 Å². The Morgan fingerprint density at radius 2 is 2.16 bits per heavy atom. The SMILES string of the molecule is CCCNCC1CCCCN1c1cnc(C)c(C)n1. The van der Waals surface area contributed by atoms with Crippen molar-refractivity contribution in [1.29, 1.82) is 0 Å². The molecular weight excluding hydrogens is 236 g/mol. The number of piperidine rings is 1. The van der Waals surface area contributed by atoms with Gasteiger partial charge in [-0.1, -0.05) is 6.92 Å². The van der Waals surface area contributed by atoms with E-state index in [2.05, 4.69) is 22.1 Å².